The van der Waals surface area contributed by atoms with Crippen LogP contribution in [-0.4, -0.2) is 56.7 Å². The maximum Gasteiger partial charge on any atom is 0.230 e. The summed E-state index contributed by atoms with van der Waals surface area (Å²) in [4.78, 5) is 30.4. The Kier molecular flexibility index (Phi) is 4.73. The van der Waals surface area contributed by atoms with Gasteiger partial charge in [-0.25, -0.2) is 0 Å². The summed E-state index contributed by atoms with van der Waals surface area (Å²) in [5, 5.41) is 4.28. The fourth-order valence-electron chi connectivity index (χ4n) is 5.29. The minimum atomic E-state index is -0.681. The molecule has 7 nitrogen and oxygen atoms in total. The molecule has 2 fully saturated rings. The molecule has 0 saturated carbocycles. The fourth-order valence-corrected chi connectivity index (χ4v) is 5.29. The molecule has 2 aromatic rings. The number of benzene rings is 1. The van der Waals surface area contributed by atoms with Crippen LogP contribution in [-0.2, 0) is 34.0 Å². The van der Waals surface area contributed by atoms with Crippen molar-refractivity contribution >= 4 is 11.8 Å². The van der Waals surface area contributed by atoms with Crippen molar-refractivity contribution in [1.82, 2.24) is 19.6 Å². The summed E-state index contributed by atoms with van der Waals surface area (Å²) >= 11 is 0. The van der Waals surface area contributed by atoms with Crippen LogP contribution in [0.4, 0.5) is 0 Å². The van der Waals surface area contributed by atoms with Crippen LogP contribution in [0.3, 0.4) is 0 Å². The Bertz CT molecular complexity index is 1060. The molecule has 5 rings (SSSR count). The van der Waals surface area contributed by atoms with E-state index in [1.165, 1.54) is 5.56 Å². The number of nitrogens with zero attached hydrogens (tertiary/aromatic N) is 4. The third-order valence-corrected chi connectivity index (χ3v) is 6.73. The van der Waals surface area contributed by atoms with Crippen molar-refractivity contribution in [1.29, 1.82) is 0 Å². The molecule has 0 aliphatic carbocycles. The molecule has 31 heavy (non-hydrogen) atoms. The highest BCUT2D eigenvalue weighted by atomic mass is 16.5. The van der Waals surface area contributed by atoms with Crippen LogP contribution in [0.2, 0.25) is 0 Å². The van der Waals surface area contributed by atoms with Crippen molar-refractivity contribution in [3.63, 3.8) is 0 Å². The molecule has 3 aliphatic heterocycles. The van der Waals surface area contributed by atoms with Gasteiger partial charge in [-0.3, -0.25) is 14.3 Å². The number of rotatable bonds is 6. The number of carbonyl (C=O) groups is 2. The van der Waals surface area contributed by atoms with E-state index in [0.717, 1.165) is 17.7 Å². The molecule has 7 heteroatoms. The summed E-state index contributed by atoms with van der Waals surface area (Å²) in [6.45, 7) is 6.36. The average molecular weight is 421 g/mol. The molecule has 1 aromatic heterocycles. The lowest BCUT2D eigenvalue weighted by molar-refractivity contribution is -0.142. The minimum Gasteiger partial charge on any atom is -0.360 e. The molecule has 0 unspecified atom stereocenters. The van der Waals surface area contributed by atoms with Crippen molar-refractivity contribution in [2.45, 2.75) is 45.2 Å². The minimum absolute atomic E-state index is 0.0129. The molecule has 4 heterocycles. The highest BCUT2D eigenvalue weighted by Crippen LogP contribution is 2.52. The highest BCUT2D eigenvalue weighted by molar-refractivity contribution is 5.93. The SMILES string of the molecule is CCn1cc(CN(C)C(=O)[C@@H]2[C@@H]3C=C[C@@]4(CN(Cc5cccc(C)c5)C(=O)[C@H]24)O3)cn1. The van der Waals surface area contributed by atoms with Crippen LogP contribution >= 0.6 is 0 Å². The zero-order chi connectivity index (χ0) is 21.8. The van der Waals surface area contributed by atoms with E-state index in [4.69, 9.17) is 4.74 Å². The summed E-state index contributed by atoms with van der Waals surface area (Å²) in [5.41, 5.74) is 2.56. The molecule has 2 amide bonds. The molecule has 2 saturated heterocycles. The van der Waals surface area contributed by atoms with E-state index in [-0.39, 0.29) is 17.9 Å². The molecule has 1 spiro atoms. The first kappa shape index (κ1) is 20.0. The van der Waals surface area contributed by atoms with Crippen LogP contribution in [0.5, 0.6) is 0 Å². The van der Waals surface area contributed by atoms with Crippen LogP contribution < -0.4 is 0 Å². The number of fused-ring (bicyclic) bond motifs is 1. The molecule has 1 aromatic carbocycles. The number of aryl methyl sites for hydroxylation is 2. The van der Waals surface area contributed by atoms with Gasteiger partial charge in [0, 0.05) is 38.4 Å². The zero-order valence-corrected chi connectivity index (χ0v) is 18.2. The van der Waals surface area contributed by atoms with Crippen molar-refractivity contribution in [3.05, 3.63) is 65.5 Å². The van der Waals surface area contributed by atoms with Gasteiger partial charge in [-0.15, -0.1) is 0 Å². The van der Waals surface area contributed by atoms with E-state index < -0.39 is 17.4 Å². The number of aromatic nitrogens is 2. The van der Waals surface area contributed by atoms with Gasteiger partial charge in [-0.05, 0) is 19.4 Å². The van der Waals surface area contributed by atoms with Crippen molar-refractivity contribution in [2.24, 2.45) is 11.8 Å². The summed E-state index contributed by atoms with van der Waals surface area (Å²) in [7, 11) is 1.79. The zero-order valence-electron chi connectivity index (χ0n) is 18.2. The van der Waals surface area contributed by atoms with Crippen LogP contribution in [0.15, 0.2) is 48.8 Å². The van der Waals surface area contributed by atoms with Crippen molar-refractivity contribution in [2.75, 3.05) is 13.6 Å². The Morgan fingerprint density at radius 2 is 2.19 bits per heavy atom. The highest BCUT2D eigenvalue weighted by Gasteiger charge is 2.67. The van der Waals surface area contributed by atoms with Gasteiger partial charge in [0.15, 0.2) is 0 Å². The number of amides is 2. The largest absolute Gasteiger partial charge is 0.360 e. The first-order valence-electron chi connectivity index (χ1n) is 10.9. The Morgan fingerprint density at radius 1 is 1.35 bits per heavy atom. The first-order chi connectivity index (χ1) is 14.9. The molecule has 2 bridgehead atoms. The van der Waals surface area contributed by atoms with Gasteiger partial charge in [0.1, 0.15) is 5.60 Å². The number of carbonyl (C=O) groups excluding carboxylic acids is 2. The quantitative estimate of drug-likeness (QED) is 0.672. The maximum atomic E-state index is 13.4. The van der Waals surface area contributed by atoms with Crippen molar-refractivity contribution in [3.8, 4) is 0 Å². The Labute approximate surface area is 182 Å². The van der Waals surface area contributed by atoms with Gasteiger partial charge in [0.2, 0.25) is 11.8 Å². The molecule has 4 atom stereocenters. The molecular formula is C24H28N4O3. The maximum absolute atomic E-state index is 13.4. The van der Waals surface area contributed by atoms with Gasteiger partial charge < -0.3 is 14.5 Å². The van der Waals surface area contributed by atoms with E-state index in [2.05, 4.69) is 11.2 Å². The Morgan fingerprint density at radius 3 is 2.94 bits per heavy atom. The molecule has 162 valence electrons. The number of ether oxygens (including phenoxy) is 1. The second kappa shape index (κ2) is 7.34. The second-order valence-electron chi connectivity index (χ2n) is 8.98. The first-order valence-corrected chi connectivity index (χ1v) is 10.9. The van der Waals surface area contributed by atoms with Gasteiger partial charge in [-0.1, -0.05) is 42.0 Å². The third kappa shape index (κ3) is 3.28. The van der Waals surface area contributed by atoms with E-state index >= 15 is 0 Å². The molecule has 3 aliphatic rings. The molecular weight excluding hydrogens is 392 g/mol. The molecule has 0 radical (unpaired) electrons. The standard InChI is InChI=1S/C24H28N4O3/c1-4-28-14-18(11-25-28)12-26(3)22(29)20-19-8-9-24(31-19)15-27(23(30)21(20)24)13-17-7-5-6-16(2)10-17/h5-11,14,19-21H,4,12-13,15H2,1-3H3/t19-,20+,21-,24-/m0/s1. The summed E-state index contributed by atoms with van der Waals surface area (Å²) in [5.74, 6) is -0.970. The Hall–Kier alpha value is -2.93. The lowest BCUT2D eigenvalue weighted by Crippen LogP contribution is -2.44. The predicted molar refractivity (Wildman–Crippen MR) is 115 cm³/mol. The molecule has 0 N–H and O–H groups in total. The summed E-state index contributed by atoms with van der Waals surface area (Å²) in [6, 6.07) is 8.19. The van der Waals surface area contributed by atoms with E-state index in [1.54, 1.807) is 18.1 Å². The van der Waals surface area contributed by atoms with Crippen LogP contribution in [0, 0.1) is 18.8 Å². The lowest BCUT2D eigenvalue weighted by Gasteiger charge is -2.27. The van der Waals surface area contributed by atoms with E-state index in [1.807, 2.05) is 60.0 Å². The van der Waals surface area contributed by atoms with Crippen LogP contribution in [0.1, 0.15) is 23.6 Å². The third-order valence-electron chi connectivity index (χ3n) is 6.73. The van der Waals surface area contributed by atoms with Crippen LogP contribution in [0.25, 0.3) is 0 Å². The van der Waals surface area contributed by atoms with E-state index in [0.29, 0.717) is 19.6 Å². The number of hydrogen-bond donors (Lipinski definition) is 0. The Balaban J connectivity index is 1.34. The normalized spacial score (nSPS) is 28.4. The average Bonchev–Trinajstić information content (AvgIpc) is 3.49. The summed E-state index contributed by atoms with van der Waals surface area (Å²) < 4.78 is 8.11. The number of likely N-dealkylation sites (tertiary alicyclic amines) is 1. The van der Waals surface area contributed by atoms with E-state index in [9.17, 15) is 9.59 Å². The second-order valence-corrected chi connectivity index (χ2v) is 8.98. The van der Waals surface area contributed by atoms with Gasteiger partial charge in [-0.2, -0.15) is 5.10 Å². The smallest absolute Gasteiger partial charge is 0.230 e. The van der Waals surface area contributed by atoms with Gasteiger partial charge >= 0.3 is 0 Å². The predicted octanol–water partition coefficient (Wildman–Crippen LogP) is 2.15. The lowest BCUT2D eigenvalue weighted by atomic mass is 9.76. The van der Waals surface area contributed by atoms with Crippen molar-refractivity contribution < 1.29 is 14.3 Å². The monoisotopic (exact) mass is 420 g/mol. The van der Waals surface area contributed by atoms with Gasteiger partial charge in [0.05, 0.1) is 30.7 Å². The number of hydrogen-bond acceptors (Lipinski definition) is 4. The summed E-state index contributed by atoms with van der Waals surface area (Å²) in [6.07, 6.45) is 7.38. The fraction of sp³-hybridized carbons (Fsp3) is 0.458. The topological polar surface area (TPSA) is 67.7 Å². The van der Waals surface area contributed by atoms with Gasteiger partial charge in [0.25, 0.3) is 0 Å².